The number of anilines is 1. The van der Waals surface area contributed by atoms with Crippen LogP contribution in [0.25, 0.3) is 0 Å². The summed E-state index contributed by atoms with van der Waals surface area (Å²) >= 11 is 0. The third-order valence-electron chi connectivity index (χ3n) is 5.57. The highest BCUT2D eigenvalue weighted by atomic mass is 16.2. The Labute approximate surface area is 205 Å². The second kappa shape index (κ2) is 9.67. The van der Waals surface area contributed by atoms with Crippen molar-refractivity contribution in [2.75, 3.05) is 5.32 Å². The number of hydrogen-bond acceptors (Lipinski definition) is 7. The molecule has 4 heterocycles. The first-order chi connectivity index (χ1) is 17.5. The molecule has 2 N–H and O–H groups in total. The lowest BCUT2D eigenvalue weighted by Gasteiger charge is -2.19. The summed E-state index contributed by atoms with van der Waals surface area (Å²) in [6.07, 6.45) is 0.199. The van der Waals surface area contributed by atoms with Crippen molar-refractivity contribution in [1.29, 1.82) is 0 Å². The first kappa shape index (κ1) is 22.7. The first-order valence-corrected chi connectivity index (χ1v) is 11.1. The fourth-order valence-corrected chi connectivity index (χ4v) is 3.77. The van der Waals surface area contributed by atoms with Crippen molar-refractivity contribution in [3.05, 3.63) is 119 Å². The predicted octanol–water partition coefficient (Wildman–Crippen LogP) is 2.63. The Balaban J connectivity index is 1.60. The van der Waals surface area contributed by atoms with Crippen LogP contribution in [0.4, 0.5) is 5.82 Å². The minimum Gasteiger partial charge on any atom is -0.339 e. The quantitative estimate of drug-likeness (QED) is 0.454. The van der Waals surface area contributed by atoms with Crippen molar-refractivity contribution in [3.8, 4) is 0 Å². The summed E-state index contributed by atoms with van der Waals surface area (Å²) in [6.45, 7) is 0. The van der Waals surface area contributed by atoms with Crippen LogP contribution in [0.5, 0.6) is 0 Å². The number of carbonyl (C=O) groups excluding carboxylic acids is 4. The average molecular weight is 477 g/mol. The summed E-state index contributed by atoms with van der Waals surface area (Å²) in [5.41, 5.74) is 0.831. The molecule has 1 aliphatic heterocycles. The van der Waals surface area contributed by atoms with Crippen molar-refractivity contribution in [2.45, 2.75) is 12.5 Å². The molecule has 4 aromatic rings. The van der Waals surface area contributed by atoms with Gasteiger partial charge in [0.2, 0.25) is 17.5 Å². The molecule has 1 atom stereocenters. The normalized spacial score (nSPS) is 15.7. The maximum absolute atomic E-state index is 13.2. The number of carbonyl (C=O) groups is 4. The number of pyridine rings is 3. The van der Waals surface area contributed by atoms with E-state index in [1.807, 2.05) is 30.3 Å². The maximum Gasteiger partial charge on any atom is 0.270 e. The predicted molar refractivity (Wildman–Crippen MR) is 130 cm³/mol. The molecule has 36 heavy (non-hydrogen) atoms. The molecule has 0 spiro atoms. The Hall–Kier alpha value is -5.05. The molecule has 6 bridgehead atoms. The SMILES string of the molecule is O=C1N[C@@H](Cc2ccccc2)C(=O)Nc2cccc(n2)C(=O)c2cccc(n2)C(=O)c2cccc1n2. The molecule has 0 saturated heterocycles. The zero-order valence-electron chi connectivity index (χ0n) is 18.8. The molecule has 2 amide bonds. The van der Waals surface area contributed by atoms with Gasteiger partial charge in [0.05, 0.1) is 0 Å². The van der Waals surface area contributed by atoms with Gasteiger partial charge in [0.1, 0.15) is 40.3 Å². The number of nitrogens with one attached hydrogen (secondary N) is 2. The molecule has 0 unspecified atom stereocenters. The minimum absolute atomic E-state index is 0.00409. The zero-order valence-corrected chi connectivity index (χ0v) is 18.8. The lowest BCUT2D eigenvalue weighted by Crippen LogP contribution is -2.45. The summed E-state index contributed by atoms with van der Waals surface area (Å²) in [7, 11) is 0. The fraction of sp³-hybridized carbons (Fsp3) is 0.0741. The second-order valence-corrected chi connectivity index (χ2v) is 8.09. The number of amides is 2. The Morgan fingerprint density at radius 1 is 0.583 bits per heavy atom. The number of hydrogen-bond donors (Lipinski definition) is 2. The van der Waals surface area contributed by atoms with Gasteiger partial charge in [0, 0.05) is 6.42 Å². The van der Waals surface area contributed by atoms with Crippen LogP contribution in [0.15, 0.2) is 84.9 Å². The lowest BCUT2D eigenvalue weighted by atomic mass is 10.0. The van der Waals surface area contributed by atoms with E-state index in [9.17, 15) is 19.2 Å². The molecule has 1 aliphatic rings. The summed E-state index contributed by atoms with van der Waals surface area (Å²) in [6, 6.07) is 21.7. The van der Waals surface area contributed by atoms with Crippen molar-refractivity contribution in [2.24, 2.45) is 0 Å². The monoisotopic (exact) mass is 477 g/mol. The molecule has 0 aliphatic carbocycles. The van der Waals surface area contributed by atoms with E-state index in [1.54, 1.807) is 6.07 Å². The fourth-order valence-electron chi connectivity index (χ4n) is 3.77. The zero-order chi connectivity index (χ0) is 25.1. The van der Waals surface area contributed by atoms with Crippen molar-refractivity contribution >= 4 is 29.2 Å². The lowest BCUT2D eigenvalue weighted by molar-refractivity contribution is -0.118. The Morgan fingerprint density at radius 3 is 1.75 bits per heavy atom. The maximum atomic E-state index is 13.2. The second-order valence-electron chi connectivity index (χ2n) is 8.09. The summed E-state index contributed by atoms with van der Waals surface area (Å²) < 4.78 is 0. The van der Waals surface area contributed by atoms with E-state index in [-0.39, 0.29) is 40.7 Å². The Bertz CT molecular complexity index is 1500. The van der Waals surface area contributed by atoms with E-state index in [0.717, 1.165) is 5.56 Å². The Morgan fingerprint density at radius 2 is 1.11 bits per heavy atom. The standard InChI is InChI=1S/C27H19N5O4/c33-24-17-9-4-10-18(28-17)25(34)20-12-6-14-23(30-20)32-27(36)22(15-16-7-2-1-3-8-16)31-26(35)21-13-5-11-19(24)29-21/h1-14,22H,15H2,(H,31,35)(H,30,32,36)/t22-/m0/s1. The number of nitrogens with zero attached hydrogens (tertiary/aromatic N) is 3. The molecule has 5 rings (SSSR count). The summed E-state index contributed by atoms with van der Waals surface area (Å²) in [5.74, 6) is -2.07. The van der Waals surface area contributed by atoms with Crippen molar-refractivity contribution in [3.63, 3.8) is 0 Å². The largest absolute Gasteiger partial charge is 0.339 e. The van der Waals surface area contributed by atoms with Gasteiger partial charge in [-0.1, -0.05) is 48.5 Å². The molecule has 9 heteroatoms. The Kier molecular flexibility index (Phi) is 6.10. The molecular formula is C27H19N5O4. The van der Waals surface area contributed by atoms with E-state index in [1.165, 1.54) is 48.5 Å². The van der Waals surface area contributed by atoms with Crippen LogP contribution >= 0.6 is 0 Å². The molecule has 3 aromatic heterocycles. The third-order valence-corrected chi connectivity index (χ3v) is 5.57. The molecular weight excluding hydrogens is 458 g/mol. The van der Waals surface area contributed by atoms with Crippen LogP contribution in [0.1, 0.15) is 48.4 Å². The average Bonchev–Trinajstić information content (AvgIpc) is 2.92. The van der Waals surface area contributed by atoms with Crippen molar-refractivity contribution in [1.82, 2.24) is 20.3 Å². The molecule has 1 aromatic carbocycles. The molecule has 0 fully saturated rings. The highest BCUT2D eigenvalue weighted by Gasteiger charge is 2.25. The highest BCUT2D eigenvalue weighted by molar-refractivity contribution is 6.10. The van der Waals surface area contributed by atoms with Gasteiger partial charge in [0.25, 0.3) is 5.91 Å². The van der Waals surface area contributed by atoms with Gasteiger partial charge in [-0.2, -0.15) is 0 Å². The van der Waals surface area contributed by atoms with Gasteiger partial charge in [-0.3, -0.25) is 19.2 Å². The van der Waals surface area contributed by atoms with Gasteiger partial charge >= 0.3 is 0 Å². The van der Waals surface area contributed by atoms with E-state index < -0.39 is 29.4 Å². The van der Waals surface area contributed by atoms with Crippen LogP contribution in [0, 0.1) is 0 Å². The van der Waals surface area contributed by atoms with E-state index >= 15 is 0 Å². The topological polar surface area (TPSA) is 131 Å². The summed E-state index contributed by atoms with van der Waals surface area (Å²) in [4.78, 5) is 65.1. The van der Waals surface area contributed by atoms with Crippen LogP contribution in [0.2, 0.25) is 0 Å². The number of rotatable bonds is 2. The third kappa shape index (κ3) is 4.76. The van der Waals surface area contributed by atoms with Gasteiger partial charge in [-0.15, -0.1) is 0 Å². The summed E-state index contributed by atoms with van der Waals surface area (Å²) in [5, 5.41) is 5.39. The van der Waals surface area contributed by atoms with Crippen LogP contribution < -0.4 is 10.6 Å². The molecule has 0 saturated carbocycles. The van der Waals surface area contributed by atoms with Crippen LogP contribution in [-0.4, -0.2) is 44.4 Å². The van der Waals surface area contributed by atoms with E-state index in [0.29, 0.717) is 0 Å². The molecule has 9 nitrogen and oxygen atoms in total. The number of benzene rings is 1. The smallest absolute Gasteiger partial charge is 0.270 e. The van der Waals surface area contributed by atoms with Gasteiger partial charge in [-0.05, 0) is 42.0 Å². The number of fused-ring (bicyclic) bond motifs is 6. The van der Waals surface area contributed by atoms with Crippen LogP contribution in [-0.2, 0) is 11.2 Å². The minimum atomic E-state index is -0.982. The van der Waals surface area contributed by atoms with E-state index in [4.69, 9.17) is 0 Å². The van der Waals surface area contributed by atoms with Gasteiger partial charge in [0.15, 0.2) is 0 Å². The van der Waals surface area contributed by atoms with E-state index in [2.05, 4.69) is 25.6 Å². The number of aromatic nitrogens is 3. The number of ketones is 2. The molecule has 0 radical (unpaired) electrons. The first-order valence-electron chi connectivity index (χ1n) is 11.1. The highest BCUT2D eigenvalue weighted by Crippen LogP contribution is 2.14. The van der Waals surface area contributed by atoms with Crippen molar-refractivity contribution < 1.29 is 19.2 Å². The van der Waals surface area contributed by atoms with Crippen LogP contribution in [0.3, 0.4) is 0 Å². The van der Waals surface area contributed by atoms with Gasteiger partial charge < -0.3 is 10.6 Å². The van der Waals surface area contributed by atoms with Gasteiger partial charge in [-0.25, -0.2) is 15.0 Å². The molecule has 176 valence electrons.